The lowest BCUT2D eigenvalue weighted by Crippen LogP contribution is -2.54. The van der Waals surface area contributed by atoms with Gasteiger partial charge in [0.2, 0.25) is 23.6 Å². The molecule has 0 heterocycles. The Balaban J connectivity index is 4.67. The molecule has 0 aromatic carbocycles. The van der Waals surface area contributed by atoms with Gasteiger partial charge in [-0.1, -0.05) is 27.7 Å². The summed E-state index contributed by atoms with van der Waals surface area (Å²) in [5.74, 6) is -5.35. The van der Waals surface area contributed by atoms with Crippen molar-refractivity contribution in [2.24, 2.45) is 17.6 Å². The van der Waals surface area contributed by atoms with E-state index < -0.39 is 66.8 Å². The first-order valence-corrected chi connectivity index (χ1v) is 10.6. The van der Waals surface area contributed by atoms with Gasteiger partial charge in [-0.05, 0) is 24.7 Å². The van der Waals surface area contributed by atoms with Crippen LogP contribution in [0.3, 0.4) is 0 Å². The fourth-order valence-corrected chi connectivity index (χ4v) is 2.68. The van der Waals surface area contributed by atoms with E-state index in [0.29, 0.717) is 0 Å². The van der Waals surface area contributed by atoms with Gasteiger partial charge in [0.05, 0.1) is 19.1 Å². The summed E-state index contributed by atoms with van der Waals surface area (Å²) in [7, 11) is 0. The molecular formula is C20H35N5O8. The molecule has 3 atom stereocenters. The van der Waals surface area contributed by atoms with Crippen molar-refractivity contribution in [3.05, 3.63) is 0 Å². The topological polar surface area (TPSA) is 217 Å². The molecule has 0 fully saturated rings. The number of rotatable bonds is 15. The Kier molecular flexibility index (Phi) is 13.3. The Morgan fingerprint density at radius 1 is 0.818 bits per heavy atom. The molecule has 0 bridgehead atoms. The molecule has 4 amide bonds. The van der Waals surface area contributed by atoms with Crippen LogP contribution in [0.25, 0.3) is 0 Å². The third-order valence-corrected chi connectivity index (χ3v) is 4.46. The van der Waals surface area contributed by atoms with Gasteiger partial charge in [0.25, 0.3) is 0 Å². The normalized spacial score (nSPS) is 13.5. The maximum atomic E-state index is 12.4. The van der Waals surface area contributed by atoms with E-state index in [2.05, 4.69) is 21.3 Å². The first-order valence-electron chi connectivity index (χ1n) is 10.6. The van der Waals surface area contributed by atoms with Crippen LogP contribution in [-0.2, 0) is 28.8 Å². The fourth-order valence-electron chi connectivity index (χ4n) is 2.68. The molecule has 0 aliphatic heterocycles. The van der Waals surface area contributed by atoms with Gasteiger partial charge >= 0.3 is 11.9 Å². The highest BCUT2D eigenvalue weighted by Gasteiger charge is 2.26. The number of nitrogens with two attached hydrogens (primary N) is 1. The number of hydrogen-bond donors (Lipinski definition) is 7. The summed E-state index contributed by atoms with van der Waals surface area (Å²) in [6.07, 6.45) is -0.165. The third kappa shape index (κ3) is 13.0. The second kappa shape index (κ2) is 14.8. The van der Waals surface area contributed by atoms with E-state index in [1.807, 2.05) is 13.8 Å². The minimum absolute atomic E-state index is 0.0359. The minimum Gasteiger partial charge on any atom is -0.481 e. The Bertz CT molecular complexity index is 725. The average Bonchev–Trinajstić information content (AvgIpc) is 2.71. The van der Waals surface area contributed by atoms with Gasteiger partial charge in [-0.25, -0.2) is 4.79 Å². The van der Waals surface area contributed by atoms with E-state index in [4.69, 9.17) is 10.8 Å². The molecule has 0 saturated heterocycles. The smallest absolute Gasteiger partial charge is 0.326 e. The molecule has 0 aliphatic rings. The van der Waals surface area contributed by atoms with Crippen molar-refractivity contribution in [1.82, 2.24) is 21.3 Å². The van der Waals surface area contributed by atoms with Gasteiger partial charge < -0.3 is 37.2 Å². The maximum absolute atomic E-state index is 12.4. The maximum Gasteiger partial charge on any atom is 0.326 e. The summed E-state index contributed by atoms with van der Waals surface area (Å²) in [4.78, 5) is 70.2. The Labute approximate surface area is 192 Å². The van der Waals surface area contributed by atoms with Gasteiger partial charge in [0.15, 0.2) is 0 Å². The number of aliphatic carboxylic acids is 2. The molecule has 33 heavy (non-hydrogen) atoms. The monoisotopic (exact) mass is 473 g/mol. The fraction of sp³-hybridized carbons (Fsp3) is 0.700. The quantitative estimate of drug-likeness (QED) is 0.142. The molecule has 0 spiro atoms. The van der Waals surface area contributed by atoms with Crippen molar-refractivity contribution in [3.8, 4) is 0 Å². The predicted molar refractivity (Wildman–Crippen MR) is 117 cm³/mol. The molecular weight excluding hydrogens is 438 g/mol. The molecule has 0 saturated carbocycles. The number of hydrogen-bond acceptors (Lipinski definition) is 7. The van der Waals surface area contributed by atoms with Crippen LogP contribution in [0.2, 0.25) is 0 Å². The van der Waals surface area contributed by atoms with E-state index in [1.165, 1.54) is 0 Å². The highest BCUT2D eigenvalue weighted by molar-refractivity contribution is 5.93. The summed E-state index contributed by atoms with van der Waals surface area (Å²) in [5, 5.41) is 27.2. The van der Waals surface area contributed by atoms with Crippen LogP contribution >= 0.6 is 0 Å². The Morgan fingerprint density at radius 3 is 1.79 bits per heavy atom. The van der Waals surface area contributed by atoms with Crippen LogP contribution in [0.5, 0.6) is 0 Å². The average molecular weight is 474 g/mol. The largest absolute Gasteiger partial charge is 0.481 e. The van der Waals surface area contributed by atoms with E-state index >= 15 is 0 Å². The number of amides is 4. The summed E-state index contributed by atoms with van der Waals surface area (Å²) >= 11 is 0. The van der Waals surface area contributed by atoms with Crippen molar-refractivity contribution in [2.75, 3.05) is 13.1 Å². The van der Waals surface area contributed by atoms with Gasteiger partial charge in [0, 0.05) is 6.42 Å². The molecule has 188 valence electrons. The zero-order valence-corrected chi connectivity index (χ0v) is 19.3. The van der Waals surface area contributed by atoms with Crippen LogP contribution in [0.4, 0.5) is 0 Å². The molecule has 0 rings (SSSR count). The van der Waals surface area contributed by atoms with Gasteiger partial charge in [-0.3, -0.25) is 24.0 Å². The summed E-state index contributed by atoms with van der Waals surface area (Å²) in [5.41, 5.74) is 5.55. The van der Waals surface area contributed by atoms with Gasteiger partial charge in [0.1, 0.15) is 12.1 Å². The number of carbonyl (C=O) groups excluding carboxylic acids is 4. The number of nitrogens with one attached hydrogen (secondary N) is 4. The van der Waals surface area contributed by atoms with Crippen LogP contribution in [0.1, 0.15) is 47.0 Å². The van der Waals surface area contributed by atoms with E-state index in [9.17, 15) is 33.9 Å². The first kappa shape index (κ1) is 29.8. The molecule has 0 unspecified atom stereocenters. The Morgan fingerprint density at radius 2 is 1.33 bits per heavy atom. The van der Waals surface area contributed by atoms with Crippen molar-refractivity contribution in [3.63, 3.8) is 0 Å². The molecule has 0 aromatic rings. The van der Waals surface area contributed by atoms with Crippen molar-refractivity contribution >= 4 is 35.6 Å². The number of carboxylic acid groups (broad SMARTS) is 2. The summed E-state index contributed by atoms with van der Waals surface area (Å²) in [6.45, 7) is 5.99. The van der Waals surface area contributed by atoms with Crippen molar-refractivity contribution in [2.45, 2.75) is 65.1 Å². The standard InChI is InChI=1S/C20H35N5O8/c1-10(2)7-13(20(32)33)24-14(26)8-23-19(31)17(11(3)4)25-15(27)9-22-18(30)12(21)5-6-16(28)29/h10-13,17H,5-9,21H2,1-4H3,(H,22,30)(H,23,31)(H,24,26)(H,25,27)(H,28,29)(H,32,33)/t12-,13-,17-/m0/s1. The second-order valence-electron chi connectivity index (χ2n) is 8.35. The lowest BCUT2D eigenvalue weighted by Gasteiger charge is -2.22. The molecule has 13 heteroatoms. The highest BCUT2D eigenvalue weighted by atomic mass is 16.4. The van der Waals surface area contributed by atoms with Gasteiger partial charge in [-0.2, -0.15) is 0 Å². The lowest BCUT2D eigenvalue weighted by molar-refractivity contribution is -0.142. The zero-order chi connectivity index (χ0) is 25.7. The predicted octanol–water partition coefficient (Wildman–Crippen LogP) is -1.83. The van der Waals surface area contributed by atoms with E-state index in [-0.39, 0.29) is 31.1 Å². The van der Waals surface area contributed by atoms with Crippen LogP contribution in [0.15, 0.2) is 0 Å². The Hall–Kier alpha value is -3.22. The van der Waals surface area contributed by atoms with Crippen molar-refractivity contribution < 1.29 is 39.0 Å². The SMILES string of the molecule is CC(C)C[C@H](NC(=O)CNC(=O)[C@@H](NC(=O)CNC(=O)[C@@H](N)CCC(=O)O)C(C)C)C(=O)O. The van der Waals surface area contributed by atoms with Crippen molar-refractivity contribution in [1.29, 1.82) is 0 Å². The van der Waals surface area contributed by atoms with Crippen LogP contribution in [-0.4, -0.2) is 77.0 Å². The molecule has 0 radical (unpaired) electrons. The molecule has 8 N–H and O–H groups in total. The van der Waals surface area contributed by atoms with Gasteiger partial charge in [-0.15, -0.1) is 0 Å². The molecule has 0 aromatic heterocycles. The third-order valence-electron chi connectivity index (χ3n) is 4.46. The number of carboxylic acids is 2. The lowest BCUT2D eigenvalue weighted by atomic mass is 10.0. The summed E-state index contributed by atoms with van der Waals surface area (Å²) < 4.78 is 0. The first-order chi connectivity index (χ1) is 15.2. The van der Waals surface area contributed by atoms with Crippen LogP contribution in [0, 0.1) is 11.8 Å². The molecule has 0 aliphatic carbocycles. The zero-order valence-electron chi connectivity index (χ0n) is 19.3. The summed E-state index contributed by atoms with van der Waals surface area (Å²) in [6, 6.07) is -3.20. The van der Waals surface area contributed by atoms with E-state index in [1.54, 1.807) is 13.8 Å². The highest BCUT2D eigenvalue weighted by Crippen LogP contribution is 2.05. The number of carbonyl (C=O) groups is 6. The van der Waals surface area contributed by atoms with Crippen LogP contribution < -0.4 is 27.0 Å². The van der Waals surface area contributed by atoms with E-state index in [0.717, 1.165) is 0 Å². The second-order valence-corrected chi connectivity index (χ2v) is 8.35. The minimum atomic E-state index is -1.18. The molecule has 13 nitrogen and oxygen atoms in total.